The zero-order valence-corrected chi connectivity index (χ0v) is 58.1. The van der Waals surface area contributed by atoms with E-state index in [2.05, 4.69) is 31.3 Å². The van der Waals surface area contributed by atoms with Crippen molar-refractivity contribution in [2.75, 3.05) is 13.2 Å². The van der Waals surface area contributed by atoms with Crippen molar-refractivity contribution in [3.05, 3.63) is 24.3 Å². The Morgan fingerprint density at radius 1 is 0.379 bits per heavy atom. The number of carbonyl (C=O) groups is 1. The van der Waals surface area contributed by atoms with Gasteiger partial charge in [-0.1, -0.05) is 398 Å². The van der Waals surface area contributed by atoms with Gasteiger partial charge in [0.15, 0.2) is 6.29 Å². The Hall–Kier alpha value is -1.33. The molecule has 516 valence electrons. The molecule has 0 bridgehead atoms. The SMILES string of the molecule is CCCCCCCCCCCCCCCCCCCC/C=C/CC/C=C/C(O)C(COC1OC(CO)C(O)C(O)C1O)NC(=O)CCCCCCCCCCCCCCCCCCCCCCCCCCCCCCCCCCCCCCCCCC. The summed E-state index contributed by atoms with van der Waals surface area (Å²) < 4.78 is 11.3. The molecule has 1 amide bonds. The summed E-state index contributed by atoms with van der Waals surface area (Å²) in [6, 6.07) is -0.821. The molecule has 6 N–H and O–H groups in total. The molecular weight excluding hydrogens is 1080 g/mol. The Labute approximate surface area is 540 Å². The van der Waals surface area contributed by atoms with E-state index in [1.165, 1.54) is 353 Å². The van der Waals surface area contributed by atoms with Crippen molar-refractivity contribution in [2.45, 2.75) is 455 Å². The summed E-state index contributed by atoms with van der Waals surface area (Å²) in [5.74, 6) is -0.177. The first-order valence-corrected chi connectivity index (χ1v) is 39.1. The summed E-state index contributed by atoms with van der Waals surface area (Å²) in [6.45, 7) is 3.83. The normalized spacial score (nSPS) is 18.0. The van der Waals surface area contributed by atoms with Crippen LogP contribution in [-0.2, 0) is 14.3 Å². The number of amides is 1. The second-order valence-corrected chi connectivity index (χ2v) is 27.5. The average Bonchev–Trinajstić information content (AvgIpc) is 3.40. The number of ether oxygens (including phenoxy) is 2. The summed E-state index contributed by atoms with van der Waals surface area (Å²) in [5, 5.41) is 54.8. The van der Waals surface area contributed by atoms with Gasteiger partial charge in [-0.3, -0.25) is 4.79 Å². The topological polar surface area (TPSA) is 149 Å². The molecule has 0 spiro atoms. The lowest BCUT2D eigenvalue weighted by Gasteiger charge is -2.40. The van der Waals surface area contributed by atoms with E-state index in [4.69, 9.17) is 9.47 Å². The maximum atomic E-state index is 13.1. The van der Waals surface area contributed by atoms with Crippen LogP contribution < -0.4 is 5.32 Å². The van der Waals surface area contributed by atoms with Gasteiger partial charge in [0, 0.05) is 6.42 Å². The van der Waals surface area contributed by atoms with Crippen LogP contribution in [0.4, 0.5) is 0 Å². The van der Waals surface area contributed by atoms with Gasteiger partial charge < -0.3 is 40.3 Å². The molecule has 9 nitrogen and oxygen atoms in total. The third kappa shape index (κ3) is 56.0. The minimum Gasteiger partial charge on any atom is -0.394 e. The van der Waals surface area contributed by atoms with Crippen LogP contribution in [0.3, 0.4) is 0 Å². The van der Waals surface area contributed by atoms with Crippen molar-refractivity contribution in [2.24, 2.45) is 0 Å². The fourth-order valence-electron chi connectivity index (χ4n) is 12.9. The lowest BCUT2D eigenvalue weighted by molar-refractivity contribution is -0.302. The first-order chi connectivity index (χ1) is 42.8. The minimum atomic E-state index is -1.57. The molecule has 1 heterocycles. The highest BCUT2D eigenvalue weighted by molar-refractivity contribution is 5.76. The second kappa shape index (κ2) is 67.6. The standard InChI is InChI=1S/C78H151NO8/c1-3-5-7-9-11-13-15-17-19-21-23-25-27-29-30-31-32-33-34-35-36-37-38-39-40-41-42-43-44-46-48-50-52-54-56-58-60-62-64-66-68-74(82)79-71(70-86-78-77(85)76(84)75(83)73(69-80)87-78)72(81)67-65-63-61-59-57-55-53-51-49-47-45-28-26-24-22-20-18-16-14-12-10-8-6-4-2/h57,59,65,67,71-73,75-78,80-81,83-85H,3-56,58,60-64,66,68-70H2,1-2H3,(H,79,82)/b59-57+,67-65+. The average molecular weight is 1230 g/mol. The van der Waals surface area contributed by atoms with Gasteiger partial charge in [-0.25, -0.2) is 0 Å². The van der Waals surface area contributed by atoms with Crippen molar-refractivity contribution in [3.8, 4) is 0 Å². The van der Waals surface area contributed by atoms with E-state index >= 15 is 0 Å². The van der Waals surface area contributed by atoms with Crippen molar-refractivity contribution >= 4 is 5.91 Å². The third-order valence-electron chi connectivity index (χ3n) is 19.0. The van der Waals surface area contributed by atoms with Gasteiger partial charge in [0.25, 0.3) is 0 Å². The Morgan fingerprint density at radius 2 is 0.655 bits per heavy atom. The number of aliphatic hydroxyl groups excluding tert-OH is 5. The van der Waals surface area contributed by atoms with Crippen LogP contribution in [0.1, 0.15) is 412 Å². The summed E-state index contributed by atoms with van der Waals surface area (Å²) in [4.78, 5) is 13.1. The molecule has 0 radical (unpaired) electrons. The summed E-state index contributed by atoms with van der Waals surface area (Å²) in [5.41, 5.74) is 0. The Balaban J connectivity index is 2.04. The Bertz CT molecular complexity index is 1430. The zero-order chi connectivity index (χ0) is 62.8. The zero-order valence-electron chi connectivity index (χ0n) is 58.1. The molecule has 9 heteroatoms. The number of allylic oxidation sites excluding steroid dienone is 3. The van der Waals surface area contributed by atoms with E-state index in [9.17, 15) is 30.3 Å². The quantitative estimate of drug-likeness (QED) is 0.0261. The fourth-order valence-corrected chi connectivity index (χ4v) is 12.9. The molecule has 7 unspecified atom stereocenters. The first kappa shape index (κ1) is 83.7. The van der Waals surface area contributed by atoms with Crippen molar-refractivity contribution < 1.29 is 39.8 Å². The molecular formula is C78H151NO8. The van der Waals surface area contributed by atoms with E-state index in [1.54, 1.807) is 6.08 Å². The van der Waals surface area contributed by atoms with Crippen LogP contribution in [0.2, 0.25) is 0 Å². The van der Waals surface area contributed by atoms with Gasteiger partial charge in [0.05, 0.1) is 25.4 Å². The largest absolute Gasteiger partial charge is 0.394 e. The van der Waals surface area contributed by atoms with Crippen molar-refractivity contribution in [3.63, 3.8) is 0 Å². The smallest absolute Gasteiger partial charge is 0.220 e. The third-order valence-corrected chi connectivity index (χ3v) is 19.0. The molecule has 1 aliphatic rings. The number of hydrogen-bond acceptors (Lipinski definition) is 8. The van der Waals surface area contributed by atoms with E-state index in [1.807, 2.05) is 6.08 Å². The van der Waals surface area contributed by atoms with Crippen LogP contribution in [-0.4, -0.2) is 87.5 Å². The van der Waals surface area contributed by atoms with E-state index in [0.29, 0.717) is 6.42 Å². The number of hydrogen-bond donors (Lipinski definition) is 6. The van der Waals surface area contributed by atoms with Crippen LogP contribution >= 0.6 is 0 Å². The van der Waals surface area contributed by atoms with Gasteiger partial charge in [-0.15, -0.1) is 0 Å². The Kier molecular flexibility index (Phi) is 65.0. The molecule has 0 aromatic heterocycles. The number of unbranched alkanes of at least 4 members (excludes halogenated alkanes) is 58. The van der Waals surface area contributed by atoms with Crippen molar-refractivity contribution in [1.82, 2.24) is 5.32 Å². The lowest BCUT2D eigenvalue weighted by atomic mass is 9.99. The maximum absolute atomic E-state index is 13.1. The van der Waals surface area contributed by atoms with Gasteiger partial charge in [-0.2, -0.15) is 0 Å². The molecule has 1 aliphatic heterocycles. The highest BCUT2D eigenvalue weighted by atomic mass is 16.7. The van der Waals surface area contributed by atoms with Crippen LogP contribution in [0, 0.1) is 0 Å². The molecule has 87 heavy (non-hydrogen) atoms. The predicted octanol–water partition coefficient (Wildman–Crippen LogP) is 22.0. The fraction of sp³-hybridized carbons (Fsp3) is 0.936. The minimum absolute atomic E-state index is 0.177. The molecule has 7 atom stereocenters. The molecule has 0 saturated carbocycles. The lowest BCUT2D eigenvalue weighted by Crippen LogP contribution is -2.60. The highest BCUT2D eigenvalue weighted by Crippen LogP contribution is 2.24. The van der Waals surface area contributed by atoms with E-state index in [-0.39, 0.29) is 12.5 Å². The second-order valence-electron chi connectivity index (χ2n) is 27.5. The van der Waals surface area contributed by atoms with Crippen LogP contribution in [0.25, 0.3) is 0 Å². The summed E-state index contributed by atoms with van der Waals surface area (Å²) in [7, 11) is 0. The number of rotatable bonds is 70. The predicted molar refractivity (Wildman–Crippen MR) is 374 cm³/mol. The van der Waals surface area contributed by atoms with Crippen LogP contribution in [0.15, 0.2) is 24.3 Å². The number of aliphatic hydroxyl groups is 5. The number of carbonyl (C=O) groups excluding carboxylic acids is 1. The maximum Gasteiger partial charge on any atom is 0.220 e. The molecule has 0 aromatic rings. The van der Waals surface area contributed by atoms with E-state index < -0.39 is 49.5 Å². The van der Waals surface area contributed by atoms with E-state index in [0.717, 1.165) is 38.5 Å². The molecule has 1 fully saturated rings. The molecule has 0 aliphatic carbocycles. The molecule has 1 saturated heterocycles. The molecule has 1 rings (SSSR count). The first-order valence-electron chi connectivity index (χ1n) is 39.1. The van der Waals surface area contributed by atoms with Gasteiger partial charge in [-0.05, 0) is 32.1 Å². The highest BCUT2D eigenvalue weighted by Gasteiger charge is 2.44. The van der Waals surface area contributed by atoms with Crippen molar-refractivity contribution in [1.29, 1.82) is 0 Å². The van der Waals surface area contributed by atoms with Gasteiger partial charge in [0.1, 0.15) is 24.4 Å². The summed E-state index contributed by atoms with van der Waals surface area (Å²) in [6.07, 6.45) is 83.4. The number of nitrogens with one attached hydrogen (secondary N) is 1. The van der Waals surface area contributed by atoms with Gasteiger partial charge in [0.2, 0.25) is 5.91 Å². The monoisotopic (exact) mass is 1230 g/mol. The van der Waals surface area contributed by atoms with Gasteiger partial charge >= 0.3 is 0 Å². The summed E-state index contributed by atoms with van der Waals surface area (Å²) >= 11 is 0. The van der Waals surface area contributed by atoms with Crippen LogP contribution in [0.5, 0.6) is 0 Å². The Morgan fingerprint density at radius 3 is 0.966 bits per heavy atom. The molecule has 0 aromatic carbocycles.